The molecule has 8 rings (SSSR count). The second-order valence-corrected chi connectivity index (χ2v) is 8.84. The largest absolute Gasteiger partial charge is 0.421 e. The molecule has 0 fully saturated rings. The number of benzene rings is 2. The Labute approximate surface area is 196 Å². The van der Waals surface area contributed by atoms with Gasteiger partial charge in [-0.15, -0.1) is 0 Å². The van der Waals surface area contributed by atoms with Crippen molar-refractivity contribution in [3.05, 3.63) is 96.1 Å². The molecule has 0 saturated carbocycles. The summed E-state index contributed by atoms with van der Waals surface area (Å²) >= 11 is 0. The van der Waals surface area contributed by atoms with E-state index in [1.54, 1.807) is 0 Å². The molecule has 4 aliphatic heterocycles. The lowest BCUT2D eigenvalue weighted by molar-refractivity contribution is 0.446. The van der Waals surface area contributed by atoms with Crippen molar-refractivity contribution in [2.24, 2.45) is 0 Å². The highest BCUT2D eigenvalue weighted by Crippen LogP contribution is 2.26. The monoisotopic (exact) mass is 434 g/mol. The summed E-state index contributed by atoms with van der Waals surface area (Å²) in [6, 6.07) is 29.4. The third kappa shape index (κ3) is 5.67. The highest BCUT2D eigenvalue weighted by molar-refractivity contribution is 5.61. The lowest BCUT2D eigenvalue weighted by Gasteiger charge is -2.09. The molecule has 2 aromatic carbocycles. The van der Waals surface area contributed by atoms with Crippen molar-refractivity contribution in [3.63, 3.8) is 0 Å². The van der Waals surface area contributed by atoms with E-state index in [2.05, 4.69) is 48.5 Å². The van der Waals surface area contributed by atoms with Gasteiger partial charge in [0.15, 0.2) is 0 Å². The summed E-state index contributed by atoms with van der Waals surface area (Å²) in [5.74, 6) is 1.10. The van der Waals surface area contributed by atoms with Crippen LogP contribution in [0.5, 0.6) is 11.8 Å². The van der Waals surface area contributed by atoms with Gasteiger partial charge in [0.25, 0.3) is 0 Å². The summed E-state index contributed by atoms with van der Waals surface area (Å²) in [5, 5.41) is 0. The molecule has 0 atom stereocenters. The standard InChI is InChI=1S/C30H30N2O/c1-2-4-6-10-24-17-21-26(22-18-24)28-12-8-14-30(32-28)33-29-13-7-11-27(31-29)25-19-15-23(16-20-25)9-5-3-1/h7-8,11-22H,1-6,9-10H2. The molecule has 0 unspecified atom stereocenters. The van der Waals surface area contributed by atoms with Crippen molar-refractivity contribution in [1.29, 1.82) is 0 Å². The first kappa shape index (κ1) is 21.4. The summed E-state index contributed by atoms with van der Waals surface area (Å²) in [6.45, 7) is 0. The summed E-state index contributed by atoms with van der Waals surface area (Å²) in [5.41, 5.74) is 6.81. The van der Waals surface area contributed by atoms with E-state index >= 15 is 0 Å². The predicted octanol–water partition coefficient (Wildman–Crippen LogP) is 8.04. The van der Waals surface area contributed by atoms with Crippen LogP contribution in [0.1, 0.15) is 49.7 Å². The number of aromatic nitrogens is 2. The van der Waals surface area contributed by atoms with E-state index in [9.17, 15) is 0 Å². The Morgan fingerprint density at radius 3 is 1.33 bits per heavy atom. The van der Waals surface area contributed by atoms with Gasteiger partial charge in [-0.2, -0.15) is 0 Å². The topological polar surface area (TPSA) is 35.0 Å². The van der Waals surface area contributed by atoms with Crippen molar-refractivity contribution < 1.29 is 4.74 Å². The van der Waals surface area contributed by atoms with E-state index in [-0.39, 0.29) is 0 Å². The Bertz CT molecular complexity index is 1090. The van der Waals surface area contributed by atoms with E-state index in [0.717, 1.165) is 35.4 Å². The lowest BCUT2D eigenvalue weighted by Crippen LogP contribution is -1.94. The van der Waals surface area contributed by atoms with Crippen LogP contribution >= 0.6 is 0 Å². The molecular formula is C30H30N2O. The van der Waals surface area contributed by atoms with Crippen molar-refractivity contribution in [1.82, 2.24) is 9.97 Å². The van der Waals surface area contributed by atoms with Gasteiger partial charge >= 0.3 is 0 Å². The van der Waals surface area contributed by atoms with Crippen LogP contribution in [0, 0.1) is 0 Å². The van der Waals surface area contributed by atoms with Crippen LogP contribution in [0.2, 0.25) is 0 Å². The summed E-state index contributed by atoms with van der Waals surface area (Å²) < 4.78 is 6.04. The number of ether oxygens (including phenoxy) is 1. The Morgan fingerprint density at radius 1 is 0.455 bits per heavy atom. The smallest absolute Gasteiger partial charge is 0.221 e. The third-order valence-electron chi connectivity index (χ3n) is 6.34. The normalized spacial score (nSPS) is 14.5. The highest BCUT2D eigenvalue weighted by atomic mass is 16.5. The maximum Gasteiger partial charge on any atom is 0.221 e. The van der Waals surface area contributed by atoms with Gasteiger partial charge in [0.2, 0.25) is 11.8 Å². The Morgan fingerprint density at radius 2 is 0.879 bits per heavy atom. The first-order valence-electron chi connectivity index (χ1n) is 12.1. The number of nitrogens with zero attached hydrogens (tertiary/aromatic N) is 2. The maximum absolute atomic E-state index is 6.04. The van der Waals surface area contributed by atoms with E-state index in [0.29, 0.717) is 11.8 Å². The third-order valence-corrected chi connectivity index (χ3v) is 6.34. The average Bonchev–Trinajstić information content (AvgIpc) is 2.86. The van der Waals surface area contributed by atoms with Gasteiger partial charge in [-0.3, -0.25) is 0 Å². The minimum Gasteiger partial charge on any atom is -0.421 e. The lowest BCUT2D eigenvalue weighted by atomic mass is 10.0. The molecule has 0 saturated heterocycles. The number of rotatable bonds is 0. The summed E-state index contributed by atoms with van der Waals surface area (Å²) in [7, 11) is 0. The molecule has 0 N–H and O–H groups in total. The fraction of sp³-hybridized carbons (Fsp3) is 0.267. The fourth-order valence-electron chi connectivity index (χ4n) is 4.42. The van der Waals surface area contributed by atoms with Crippen LogP contribution in [-0.2, 0) is 12.8 Å². The van der Waals surface area contributed by atoms with E-state index in [4.69, 9.17) is 14.7 Å². The quantitative estimate of drug-likeness (QED) is 0.281. The zero-order valence-electron chi connectivity index (χ0n) is 19.0. The summed E-state index contributed by atoms with van der Waals surface area (Å²) in [4.78, 5) is 9.45. The van der Waals surface area contributed by atoms with Gasteiger partial charge in [-0.1, -0.05) is 86.3 Å². The van der Waals surface area contributed by atoms with Crippen molar-refractivity contribution in [2.45, 2.75) is 51.4 Å². The van der Waals surface area contributed by atoms with Crippen LogP contribution in [0.4, 0.5) is 0 Å². The van der Waals surface area contributed by atoms with Crippen LogP contribution in [0.3, 0.4) is 0 Å². The first-order chi connectivity index (χ1) is 16.3. The maximum atomic E-state index is 6.04. The molecule has 3 nitrogen and oxygen atoms in total. The molecule has 2 aromatic heterocycles. The van der Waals surface area contributed by atoms with Crippen LogP contribution in [-0.4, -0.2) is 9.97 Å². The van der Waals surface area contributed by atoms with E-state index in [1.807, 2.05) is 36.4 Å². The SMILES string of the molecule is c1cc2nc(c1)-c1ccc(cc1)CCCCCCCCc1ccc(cc1)-c1cccc(n1)O2. The van der Waals surface area contributed by atoms with Gasteiger partial charge in [-0.05, 0) is 48.9 Å². The minimum absolute atomic E-state index is 0.551. The number of aryl methyl sites for hydroxylation is 2. The minimum atomic E-state index is 0.551. The molecule has 4 aliphatic rings. The second-order valence-electron chi connectivity index (χ2n) is 8.84. The molecule has 6 heterocycles. The number of hydrogen-bond donors (Lipinski definition) is 0. The molecule has 4 aromatic rings. The zero-order chi connectivity index (χ0) is 22.3. The molecule has 8 bridgehead atoms. The Balaban J connectivity index is 1.42. The van der Waals surface area contributed by atoms with Crippen molar-refractivity contribution >= 4 is 0 Å². The van der Waals surface area contributed by atoms with Crippen molar-refractivity contribution in [2.75, 3.05) is 0 Å². The van der Waals surface area contributed by atoms with Gasteiger partial charge in [-0.25, -0.2) is 9.97 Å². The van der Waals surface area contributed by atoms with Crippen LogP contribution < -0.4 is 4.74 Å². The van der Waals surface area contributed by atoms with Gasteiger partial charge in [0, 0.05) is 23.3 Å². The molecule has 0 aliphatic carbocycles. The fourth-order valence-corrected chi connectivity index (χ4v) is 4.42. The predicted molar refractivity (Wildman–Crippen MR) is 135 cm³/mol. The molecule has 0 spiro atoms. The first-order valence-corrected chi connectivity index (χ1v) is 12.1. The van der Waals surface area contributed by atoms with Crippen molar-refractivity contribution in [3.8, 4) is 34.3 Å². The summed E-state index contributed by atoms with van der Waals surface area (Å²) in [6.07, 6.45) is 10.1. The molecule has 3 heteroatoms. The van der Waals surface area contributed by atoms with Gasteiger partial charge in [0.1, 0.15) is 0 Å². The molecule has 166 valence electrons. The van der Waals surface area contributed by atoms with E-state index < -0.39 is 0 Å². The van der Waals surface area contributed by atoms with Gasteiger partial charge < -0.3 is 4.74 Å². The van der Waals surface area contributed by atoms with E-state index in [1.165, 1.54) is 49.7 Å². The zero-order valence-corrected chi connectivity index (χ0v) is 19.0. The molecular weight excluding hydrogens is 404 g/mol. The van der Waals surface area contributed by atoms with Crippen LogP contribution in [0.15, 0.2) is 84.9 Å². The van der Waals surface area contributed by atoms with Crippen LogP contribution in [0.25, 0.3) is 22.5 Å². The Kier molecular flexibility index (Phi) is 6.77. The Hall–Kier alpha value is -3.46. The number of pyridine rings is 2. The second kappa shape index (κ2) is 10.4. The molecule has 0 radical (unpaired) electrons. The number of hydrogen-bond acceptors (Lipinski definition) is 3. The molecule has 0 amide bonds. The van der Waals surface area contributed by atoms with Gasteiger partial charge in [0.05, 0.1) is 11.4 Å². The average molecular weight is 435 g/mol. The molecule has 33 heavy (non-hydrogen) atoms. The highest BCUT2D eigenvalue weighted by Gasteiger charge is 2.07.